The van der Waals surface area contributed by atoms with E-state index in [-0.39, 0.29) is 6.61 Å². The Balaban J connectivity index is 2.20. The van der Waals surface area contributed by atoms with E-state index >= 15 is 0 Å². The van der Waals surface area contributed by atoms with Crippen molar-refractivity contribution in [2.24, 2.45) is 0 Å². The quantitative estimate of drug-likeness (QED) is 0.788. The molecule has 1 aromatic carbocycles. The molecule has 14 heavy (non-hydrogen) atoms. The summed E-state index contributed by atoms with van der Waals surface area (Å²) in [5.41, 5.74) is 2.34. The van der Waals surface area contributed by atoms with Gasteiger partial charge in [-0.2, -0.15) is 0 Å². The minimum atomic E-state index is 0.234. The molecule has 2 rings (SSSR count). The second kappa shape index (κ2) is 4.20. The molecule has 0 fully saturated rings. The molecule has 1 aliphatic rings. The minimum Gasteiger partial charge on any atom is -0.396 e. The number of benzene rings is 1. The van der Waals surface area contributed by atoms with Crippen molar-refractivity contribution in [1.29, 1.82) is 0 Å². The average molecular weight is 212 g/mol. The molecule has 1 atom stereocenters. The third-order valence-corrected chi connectivity index (χ3v) is 3.00. The van der Waals surface area contributed by atoms with E-state index in [0.29, 0.717) is 6.04 Å². The van der Waals surface area contributed by atoms with E-state index in [9.17, 15) is 0 Å². The topological polar surface area (TPSA) is 32.3 Å². The maximum Gasteiger partial charge on any atom is 0.0640 e. The summed E-state index contributed by atoms with van der Waals surface area (Å²) in [4.78, 5) is 0. The fraction of sp³-hybridized carbons (Fsp3) is 0.455. The van der Waals surface area contributed by atoms with Crippen molar-refractivity contribution in [3.63, 3.8) is 0 Å². The van der Waals surface area contributed by atoms with E-state index in [0.717, 1.165) is 30.0 Å². The molecule has 0 amide bonds. The van der Waals surface area contributed by atoms with Gasteiger partial charge in [-0.1, -0.05) is 23.7 Å². The van der Waals surface area contributed by atoms with Gasteiger partial charge in [0.1, 0.15) is 0 Å². The Bertz CT molecular complexity index is 327. The Morgan fingerprint density at radius 3 is 3.14 bits per heavy atom. The number of rotatable bonds is 2. The number of aryl methyl sites for hydroxylation is 1. The second-order valence-corrected chi connectivity index (χ2v) is 4.07. The van der Waals surface area contributed by atoms with E-state index in [1.165, 1.54) is 5.56 Å². The summed E-state index contributed by atoms with van der Waals surface area (Å²) in [5.74, 6) is 0. The summed E-state index contributed by atoms with van der Waals surface area (Å²) in [6, 6.07) is 6.35. The SMILES string of the molecule is OCCC1CCc2cccc(Cl)c2N1. The van der Waals surface area contributed by atoms with Crippen molar-refractivity contribution in [3.8, 4) is 0 Å². The normalized spacial score (nSPS) is 20.0. The first-order chi connectivity index (χ1) is 6.81. The summed E-state index contributed by atoms with van der Waals surface area (Å²) in [6.07, 6.45) is 2.92. The maximum absolute atomic E-state index is 8.86. The molecule has 0 spiro atoms. The monoisotopic (exact) mass is 211 g/mol. The predicted molar refractivity (Wildman–Crippen MR) is 58.9 cm³/mol. The lowest BCUT2D eigenvalue weighted by Crippen LogP contribution is -2.26. The standard InChI is InChI=1S/C11H14ClNO/c12-10-3-1-2-8-4-5-9(6-7-14)13-11(8)10/h1-3,9,13-14H,4-7H2. The van der Waals surface area contributed by atoms with Crippen LogP contribution < -0.4 is 5.32 Å². The molecule has 3 heteroatoms. The van der Waals surface area contributed by atoms with E-state index < -0.39 is 0 Å². The van der Waals surface area contributed by atoms with Crippen molar-refractivity contribution in [1.82, 2.24) is 0 Å². The molecule has 0 bridgehead atoms. The Hall–Kier alpha value is -0.730. The van der Waals surface area contributed by atoms with Crippen LogP contribution in [0.25, 0.3) is 0 Å². The highest BCUT2D eigenvalue weighted by Gasteiger charge is 2.18. The molecule has 0 saturated carbocycles. The average Bonchev–Trinajstić information content (AvgIpc) is 2.20. The van der Waals surface area contributed by atoms with Crippen LogP contribution in [0.15, 0.2) is 18.2 Å². The lowest BCUT2D eigenvalue weighted by Gasteiger charge is -2.27. The Kier molecular flexibility index (Phi) is 2.94. The first-order valence-electron chi connectivity index (χ1n) is 4.96. The van der Waals surface area contributed by atoms with Gasteiger partial charge >= 0.3 is 0 Å². The molecule has 1 aliphatic heterocycles. The molecule has 76 valence electrons. The van der Waals surface area contributed by atoms with Crippen LogP contribution >= 0.6 is 11.6 Å². The molecular formula is C11H14ClNO. The van der Waals surface area contributed by atoms with E-state index in [1.54, 1.807) is 0 Å². The van der Waals surface area contributed by atoms with Crippen LogP contribution in [0.4, 0.5) is 5.69 Å². The fourth-order valence-corrected chi connectivity index (χ4v) is 2.17. The third kappa shape index (κ3) is 1.86. The molecule has 2 N–H and O–H groups in total. The lowest BCUT2D eigenvalue weighted by atomic mass is 9.96. The fourth-order valence-electron chi connectivity index (χ4n) is 1.92. The summed E-state index contributed by atoms with van der Waals surface area (Å²) in [7, 11) is 0. The van der Waals surface area contributed by atoms with Crippen LogP contribution in [0.5, 0.6) is 0 Å². The van der Waals surface area contributed by atoms with E-state index in [2.05, 4.69) is 11.4 Å². The van der Waals surface area contributed by atoms with Crippen molar-refractivity contribution in [2.45, 2.75) is 25.3 Å². The molecular weight excluding hydrogens is 198 g/mol. The first-order valence-corrected chi connectivity index (χ1v) is 5.34. The lowest BCUT2D eigenvalue weighted by molar-refractivity contribution is 0.276. The highest BCUT2D eigenvalue weighted by molar-refractivity contribution is 6.33. The van der Waals surface area contributed by atoms with Crippen LogP contribution in [0.3, 0.4) is 0 Å². The zero-order chi connectivity index (χ0) is 9.97. The van der Waals surface area contributed by atoms with E-state index in [1.807, 2.05) is 12.1 Å². The van der Waals surface area contributed by atoms with Crippen molar-refractivity contribution >= 4 is 17.3 Å². The highest BCUT2D eigenvalue weighted by atomic mass is 35.5. The van der Waals surface area contributed by atoms with Gasteiger partial charge in [0.15, 0.2) is 0 Å². The van der Waals surface area contributed by atoms with Gasteiger partial charge in [-0.05, 0) is 30.9 Å². The van der Waals surface area contributed by atoms with Gasteiger partial charge in [-0.25, -0.2) is 0 Å². The zero-order valence-corrected chi connectivity index (χ0v) is 8.72. The molecule has 1 aromatic rings. The number of fused-ring (bicyclic) bond motifs is 1. The molecule has 0 aromatic heterocycles. The van der Waals surface area contributed by atoms with Crippen LogP contribution in [-0.2, 0) is 6.42 Å². The summed E-state index contributed by atoms with van der Waals surface area (Å²) < 4.78 is 0. The van der Waals surface area contributed by atoms with Crippen molar-refractivity contribution in [3.05, 3.63) is 28.8 Å². The minimum absolute atomic E-state index is 0.234. The number of hydrogen-bond donors (Lipinski definition) is 2. The number of nitrogens with one attached hydrogen (secondary N) is 1. The number of hydrogen-bond acceptors (Lipinski definition) is 2. The second-order valence-electron chi connectivity index (χ2n) is 3.67. The molecule has 0 saturated heterocycles. The van der Waals surface area contributed by atoms with Gasteiger partial charge in [0.2, 0.25) is 0 Å². The number of aliphatic hydroxyl groups is 1. The highest BCUT2D eigenvalue weighted by Crippen LogP contribution is 2.32. The van der Waals surface area contributed by atoms with E-state index in [4.69, 9.17) is 16.7 Å². The zero-order valence-electron chi connectivity index (χ0n) is 7.96. The van der Waals surface area contributed by atoms with Crippen LogP contribution in [-0.4, -0.2) is 17.8 Å². The smallest absolute Gasteiger partial charge is 0.0640 e. The van der Waals surface area contributed by atoms with Crippen molar-refractivity contribution < 1.29 is 5.11 Å². The summed E-state index contributed by atoms with van der Waals surface area (Å²) >= 11 is 6.08. The van der Waals surface area contributed by atoms with Crippen LogP contribution in [0.2, 0.25) is 5.02 Å². The molecule has 0 radical (unpaired) electrons. The maximum atomic E-state index is 8.86. The number of aliphatic hydroxyl groups excluding tert-OH is 1. The first kappa shape index (κ1) is 9.81. The molecule has 1 heterocycles. The Morgan fingerprint density at radius 1 is 1.50 bits per heavy atom. The van der Waals surface area contributed by atoms with Crippen LogP contribution in [0.1, 0.15) is 18.4 Å². The third-order valence-electron chi connectivity index (χ3n) is 2.69. The van der Waals surface area contributed by atoms with Gasteiger partial charge in [0.25, 0.3) is 0 Å². The van der Waals surface area contributed by atoms with Gasteiger partial charge < -0.3 is 10.4 Å². The number of halogens is 1. The summed E-state index contributed by atoms with van der Waals surface area (Å²) in [5, 5.41) is 13.0. The molecule has 2 nitrogen and oxygen atoms in total. The van der Waals surface area contributed by atoms with Gasteiger partial charge in [0.05, 0.1) is 10.7 Å². The van der Waals surface area contributed by atoms with Crippen LogP contribution in [0, 0.1) is 0 Å². The van der Waals surface area contributed by atoms with Gasteiger partial charge in [-0.3, -0.25) is 0 Å². The van der Waals surface area contributed by atoms with Crippen molar-refractivity contribution in [2.75, 3.05) is 11.9 Å². The molecule has 0 aliphatic carbocycles. The Labute approximate surface area is 88.9 Å². The largest absolute Gasteiger partial charge is 0.396 e. The predicted octanol–water partition coefficient (Wildman–Crippen LogP) is 2.45. The Morgan fingerprint density at radius 2 is 2.36 bits per heavy atom. The number of para-hydroxylation sites is 1. The number of anilines is 1. The van der Waals surface area contributed by atoms with Gasteiger partial charge in [0, 0.05) is 12.6 Å². The molecule has 1 unspecified atom stereocenters. The van der Waals surface area contributed by atoms with Gasteiger partial charge in [-0.15, -0.1) is 0 Å². The summed E-state index contributed by atoms with van der Waals surface area (Å²) in [6.45, 7) is 0.234.